The summed E-state index contributed by atoms with van der Waals surface area (Å²) < 4.78 is 0. The van der Waals surface area contributed by atoms with Crippen LogP contribution in [0, 0.1) is 0 Å². The van der Waals surface area contributed by atoms with Crippen molar-refractivity contribution in [2.75, 3.05) is 12.3 Å². The van der Waals surface area contributed by atoms with Gasteiger partial charge in [0.25, 0.3) is 0 Å². The van der Waals surface area contributed by atoms with E-state index in [-0.39, 0.29) is 0 Å². The monoisotopic (exact) mass is 165 g/mol. The van der Waals surface area contributed by atoms with Crippen LogP contribution in [0.5, 0.6) is 0 Å². The van der Waals surface area contributed by atoms with E-state index < -0.39 is 0 Å². The van der Waals surface area contributed by atoms with Crippen molar-refractivity contribution in [2.45, 2.75) is 5.37 Å². The van der Waals surface area contributed by atoms with Crippen LogP contribution in [0.2, 0.25) is 0 Å². The van der Waals surface area contributed by atoms with E-state index in [1.54, 1.807) is 0 Å². The molecule has 0 bridgehead atoms. The highest BCUT2D eigenvalue weighted by Gasteiger charge is 2.15. The van der Waals surface area contributed by atoms with Crippen molar-refractivity contribution < 1.29 is 0 Å². The first-order chi connectivity index (χ1) is 5.47. The van der Waals surface area contributed by atoms with Crippen LogP contribution in [0.1, 0.15) is 10.9 Å². The largest absolute Gasteiger partial charge is 0.301 e. The van der Waals surface area contributed by atoms with Crippen molar-refractivity contribution >= 4 is 11.8 Å². The maximum atomic E-state index is 3.44. The summed E-state index contributed by atoms with van der Waals surface area (Å²) >= 11 is 1.98. The molecule has 1 fully saturated rings. The predicted octanol–water partition coefficient (Wildman–Crippen LogP) is 2.02. The molecule has 0 amide bonds. The lowest BCUT2D eigenvalue weighted by Gasteiger charge is -2.08. The van der Waals surface area contributed by atoms with Gasteiger partial charge in [0.2, 0.25) is 0 Å². The molecular weight excluding hydrogens is 154 g/mol. The van der Waals surface area contributed by atoms with E-state index in [4.69, 9.17) is 0 Å². The number of nitrogens with one attached hydrogen (secondary N) is 1. The lowest BCUT2D eigenvalue weighted by atomic mass is 10.2. The highest BCUT2D eigenvalue weighted by Crippen LogP contribution is 2.29. The standard InChI is InChI=1S/C9H11NS/c1-2-4-8(5-3-1)9-10-6-7-11-9/h1-5,9-10H,6-7H2/t9-/m1/s1. The molecule has 0 unspecified atom stereocenters. The zero-order chi connectivity index (χ0) is 7.52. The average Bonchev–Trinajstić information content (AvgIpc) is 2.58. The Hall–Kier alpha value is -0.470. The third-order valence-electron chi connectivity index (χ3n) is 1.82. The predicted molar refractivity (Wildman–Crippen MR) is 49.6 cm³/mol. The summed E-state index contributed by atoms with van der Waals surface area (Å²) in [6.45, 7) is 1.14. The Balaban J connectivity index is 2.16. The van der Waals surface area contributed by atoms with Crippen molar-refractivity contribution in [1.29, 1.82) is 0 Å². The van der Waals surface area contributed by atoms with Crippen molar-refractivity contribution in [3.63, 3.8) is 0 Å². The normalized spacial score (nSPS) is 23.8. The summed E-state index contributed by atoms with van der Waals surface area (Å²) in [5, 5.41) is 3.97. The van der Waals surface area contributed by atoms with Gasteiger partial charge in [0.1, 0.15) is 0 Å². The molecule has 1 heterocycles. The summed E-state index contributed by atoms with van der Waals surface area (Å²) in [4.78, 5) is 0. The fraction of sp³-hybridized carbons (Fsp3) is 0.333. The summed E-state index contributed by atoms with van der Waals surface area (Å²) in [6.07, 6.45) is 0. The van der Waals surface area contributed by atoms with Crippen molar-refractivity contribution in [1.82, 2.24) is 5.32 Å². The van der Waals surface area contributed by atoms with Crippen molar-refractivity contribution in [3.05, 3.63) is 35.9 Å². The van der Waals surface area contributed by atoms with Gasteiger partial charge in [0.15, 0.2) is 0 Å². The van der Waals surface area contributed by atoms with Gasteiger partial charge in [-0.3, -0.25) is 0 Å². The summed E-state index contributed by atoms with van der Waals surface area (Å²) in [7, 11) is 0. The Morgan fingerprint density at radius 1 is 1.27 bits per heavy atom. The van der Waals surface area contributed by atoms with E-state index in [9.17, 15) is 0 Å². The van der Waals surface area contributed by atoms with E-state index in [0.29, 0.717) is 5.37 Å². The lowest BCUT2D eigenvalue weighted by Crippen LogP contribution is -2.11. The Labute approximate surface area is 71.2 Å². The molecule has 1 atom stereocenters. The minimum atomic E-state index is 0.538. The van der Waals surface area contributed by atoms with Gasteiger partial charge in [-0.2, -0.15) is 0 Å². The second-order valence-corrected chi connectivity index (χ2v) is 3.83. The molecule has 2 rings (SSSR count). The molecule has 11 heavy (non-hydrogen) atoms. The van der Waals surface area contributed by atoms with Crippen molar-refractivity contribution in [2.24, 2.45) is 0 Å². The molecular formula is C9H11NS. The summed E-state index contributed by atoms with van der Waals surface area (Å²) in [5.74, 6) is 1.24. The number of rotatable bonds is 1. The molecule has 2 heteroatoms. The molecule has 1 aromatic rings. The Morgan fingerprint density at radius 3 is 2.73 bits per heavy atom. The van der Waals surface area contributed by atoms with Gasteiger partial charge in [-0.05, 0) is 5.56 Å². The first-order valence-corrected chi connectivity index (χ1v) is 4.91. The molecule has 1 aliphatic rings. The Kier molecular flexibility index (Phi) is 2.15. The molecule has 1 aliphatic heterocycles. The number of hydrogen-bond acceptors (Lipinski definition) is 2. The highest BCUT2D eigenvalue weighted by molar-refractivity contribution is 7.99. The molecule has 0 aromatic heterocycles. The minimum Gasteiger partial charge on any atom is -0.301 e. The van der Waals surface area contributed by atoms with Crippen LogP contribution in [0.15, 0.2) is 30.3 Å². The Bertz CT molecular complexity index is 216. The maximum absolute atomic E-state index is 3.44. The van der Waals surface area contributed by atoms with Gasteiger partial charge in [0, 0.05) is 12.3 Å². The van der Waals surface area contributed by atoms with E-state index >= 15 is 0 Å². The SMILES string of the molecule is c1ccc([C@@H]2NCCS2)cc1. The number of thioether (sulfide) groups is 1. The van der Waals surface area contributed by atoms with Crippen LogP contribution in [-0.2, 0) is 0 Å². The zero-order valence-electron chi connectivity index (χ0n) is 6.29. The van der Waals surface area contributed by atoms with Gasteiger partial charge >= 0.3 is 0 Å². The zero-order valence-corrected chi connectivity index (χ0v) is 7.10. The van der Waals surface area contributed by atoms with Gasteiger partial charge in [-0.25, -0.2) is 0 Å². The van der Waals surface area contributed by atoms with E-state index in [2.05, 4.69) is 35.6 Å². The molecule has 1 saturated heterocycles. The van der Waals surface area contributed by atoms with E-state index in [1.165, 1.54) is 11.3 Å². The van der Waals surface area contributed by atoms with Crippen LogP contribution < -0.4 is 5.32 Å². The third-order valence-corrected chi connectivity index (χ3v) is 3.03. The molecule has 0 radical (unpaired) electrons. The van der Waals surface area contributed by atoms with Gasteiger partial charge in [0.05, 0.1) is 5.37 Å². The molecule has 0 spiro atoms. The first kappa shape index (κ1) is 7.19. The third kappa shape index (κ3) is 1.57. The molecule has 58 valence electrons. The molecule has 1 nitrogen and oxygen atoms in total. The maximum Gasteiger partial charge on any atom is 0.0790 e. The second kappa shape index (κ2) is 3.28. The van der Waals surface area contributed by atoms with Gasteiger partial charge in [-0.15, -0.1) is 11.8 Å². The van der Waals surface area contributed by atoms with Gasteiger partial charge < -0.3 is 5.32 Å². The van der Waals surface area contributed by atoms with E-state index in [0.717, 1.165) is 6.54 Å². The van der Waals surface area contributed by atoms with Crippen LogP contribution in [-0.4, -0.2) is 12.3 Å². The molecule has 0 aliphatic carbocycles. The van der Waals surface area contributed by atoms with Crippen LogP contribution in [0.3, 0.4) is 0 Å². The molecule has 1 aromatic carbocycles. The van der Waals surface area contributed by atoms with Crippen molar-refractivity contribution in [3.8, 4) is 0 Å². The van der Waals surface area contributed by atoms with Crippen LogP contribution in [0.4, 0.5) is 0 Å². The molecule has 0 saturated carbocycles. The van der Waals surface area contributed by atoms with E-state index in [1.807, 2.05) is 11.8 Å². The quantitative estimate of drug-likeness (QED) is 0.683. The van der Waals surface area contributed by atoms with Gasteiger partial charge in [-0.1, -0.05) is 30.3 Å². The lowest BCUT2D eigenvalue weighted by molar-refractivity contribution is 0.751. The fourth-order valence-electron chi connectivity index (χ4n) is 1.27. The molecule has 1 N–H and O–H groups in total. The number of hydrogen-bond donors (Lipinski definition) is 1. The second-order valence-electron chi connectivity index (χ2n) is 2.62. The fourth-order valence-corrected chi connectivity index (χ4v) is 2.32. The van der Waals surface area contributed by atoms with Crippen LogP contribution in [0.25, 0.3) is 0 Å². The minimum absolute atomic E-state index is 0.538. The highest BCUT2D eigenvalue weighted by atomic mass is 32.2. The average molecular weight is 165 g/mol. The number of benzene rings is 1. The van der Waals surface area contributed by atoms with Crippen LogP contribution >= 0.6 is 11.8 Å². The summed E-state index contributed by atoms with van der Waals surface area (Å²) in [5.41, 5.74) is 1.40. The topological polar surface area (TPSA) is 12.0 Å². The summed E-state index contributed by atoms with van der Waals surface area (Å²) in [6, 6.07) is 10.6. The smallest absolute Gasteiger partial charge is 0.0790 e. The first-order valence-electron chi connectivity index (χ1n) is 3.87. The Morgan fingerprint density at radius 2 is 2.09 bits per heavy atom.